The fourth-order valence-corrected chi connectivity index (χ4v) is 3.10. The van der Waals surface area contributed by atoms with E-state index in [1.807, 2.05) is 13.8 Å². The zero-order chi connectivity index (χ0) is 18.0. The van der Waals surface area contributed by atoms with E-state index in [0.29, 0.717) is 6.42 Å². The van der Waals surface area contributed by atoms with E-state index in [-0.39, 0.29) is 27.8 Å². The number of rotatable bonds is 18. The molecule has 1 unspecified atom stereocenters. The van der Waals surface area contributed by atoms with Crippen LogP contribution in [0, 0.1) is 0 Å². The van der Waals surface area contributed by atoms with Crippen molar-refractivity contribution in [3.63, 3.8) is 0 Å². The number of carboxylic acids is 1. The van der Waals surface area contributed by atoms with Gasteiger partial charge in [-0.2, -0.15) is 0 Å². The van der Waals surface area contributed by atoms with E-state index in [1.165, 1.54) is 77.0 Å². The van der Waals surface area contributed by atoms with E-state index in [2.05, 4.69) is 6.92 Å². The number of hydrogen-bond acceptors (Lipinski definition) is 2. The van der Waals surface area contributed by atoms with Crippen LogP contribution in [-0.4, -0.2) is 23.3 Å². The minimum Gasteiger partial charge on any atom is -0.479 e. The van der Waals surface area contributed by atoms with Gasteiger partial charge in [-0.15, -0.1) is 0 Å². The van der Waals surface area contributed by atoms with Crippen LogP contribution in [0.3, 0.4) is 0 Å². The molecule has 0 aromatic rings. The standard InChI is InChI=1S/C21H42O3.Ti/c1-4-5-6-7-8-9-10-11-12-13-14-15-16-17-18-20(21(22)23)24-19(2)3;/h19-20H,4-18H2,1-3H3,(H,22,23);. The van der Waals surface area contributed by atoms with Crippen molar-refractivity contribution in [3.8, 4) is 0 Å². The fraction of sp³-hybridized carbons (Fsp3) is 0.952. The monoisotopic (exact) mass is 390 g/mol. The number of ether oxygens (including phenoxy) is 1. The molecule has 1 atom stereocenters. The van der Waals surface area contributed by atoms with Crippen LogP contribution in [0.5, 0.6) is 0 Å². The van der Waals surface area contributed by atoms with Crippen molar-refractivity contribution in [2.45, 2.75) is 129 Å². The zero-order valence-corrected chi connectivity index (χ0v) is 18.6. The Bertz CT molecular complexity index is 282. The molecule has 0 saturated carbocycles. The van der Waals surface area contributed by atoms with Crippen LogP contribution in [0.1, 0.15) is 117 Å². The molecule has 148 valence electrons. The first-order valence-corrected chi connectivity index (χ1v) is 10.5. The third kappa shape index (κ3) is 20.3. The molecule has 0 aliphatic rings. The molecule has 0 bridgehead atoms. The van der Waals surface area contributed by atoms with E-state index in [4.69, 9.17) is 9.84 Å². The van der Waals surface area contributed by atoms with Crippen molar-refractivity contribution in [2.75, 3.05) is 0 Å². The Labute approximate surface area is 171 Å². The van der Waals surface area contributed by atoms with Crippen LogP contribution >= 0.6 is 0 Å². The summed E-state index contributed by atoms with van der Waals surface area (Å²) < 4.78 is 5.43. The first-order valence-electron chi connectivity index (χ1n) is 10.5. The van der Waals surface area contributed by atoms with Gasteiger partial charge in [0.25, 0.3) is 0 Å². The number of unbranched alkanes of at least 4 members (excludes halogenated alkanes) is 13. The number of carboxylic acid groups (broad SMARTS) is 1. The summed E-state index contributed by atoms with van der Waals surface area (Å²) >= 11 is 0. The Balaban J connectivity index is 0. The fourth-order valence-electron chi connectivity index (χ4n) is 3.10. The summed E-state index contributed by atoms with van der Waals surface area (Å²) in [6.45, 7) is 6.05. The number of aliphatic carboxylic acids is 1. The Morgan fingerprint density at radius 1 is 0.760 bits per heavy atom. The third-order valence-corrected chi connectivity index (χ3v) is 4.53. The van der Waals surface area contributed by atoms with Gasteiger partial charge in [-0.1, -0.05) is 96.8 Å². The van der Waals surface area contributed by atoms with Crippen molar-refractivity contribution in [3.05, 3.63) is 0 Å². The summed E-state index contributed by atoms with van der Waals surface area (Å²) in [5.41, 5.74) is 0. The molecule has 0 spiro atoms. The smallest absolute Gasteiger partial charge is 0.332 e. The predicted molar refractivity (Wildman–Crippen MR) is 103 cm³/mol. The maximum atomic E-state index is 11.1. The van der Waals surface area contributed by atoms with Crippen molar-refractivity contribution in [2.24, 2.45) is 0 Å². The molecule has 0 radical (unpaired) electrons. The number of hydrogen-bond donors (Lipinski definition) is 1. The predicted octanol–water partition coefficient (Wildman–Crippen LogP) is 6.73. The Morgan fingerprint density at radius 2 is 1.12 bits per heavy atom. The molecule has 4 heteroatoms. The Hall–Kier alpha value is 0.144. The zero-order valence-electron chi connectivity index (χ0n) is 17.0. The van der Waals surface area contributed by atoms with Gasteiger partial charge in [0.15, 0.2) is 6.10 Å². The van der Waals surface area contributed by atoms with Gasteiger partial charge in [-0.3, -0.25) is 0 Å². The molecule has 0 amide bonds. The summed E-state index contributed by atoms with van der Waals surface area (Å²) in [7, 11) is 0. The summed E-state index contributed by atoms with van der Waals surface area (Å²) in [6.07, 6.45) is 18.5. The number of carbonyl (C=O) groups is 1. The molecule has 0 heterocycles. The Kier molecular flexibility index (Phi) is 22.4. The normalized spacial score (nSPS) is 12.2. The molecule has 0 aromatic heterocycles. The average molecular weight is 390 g/mol. The van der Waals surface area contributed by atoms with Crippen LogP contribution in [0.2, 0.25) is 0 Å². The van der Waals surface area contributed by atoms with Crippen molar-refractivity contribution >= 4 is 5.97 Å². The molecule has 0 saturated heterocycles. The maximum absolute atomic E-state index is 11.1. The van der Waals surface area contributed by atoms with Gasteiger partial charge in [0.2, 0.25) is 0 Å². The third-order valence-electron chi connectivity index (χ3n) is 4.53. The summed E-state index contributed by atoms with van der Waals surface area (Å²) in [6, 6.07) is 0. The van der Waals surface area contributed by atoms with Gasteiger partial charge in [0.1, 0.15) is 0 Å². The minimum absolute atomic E-state index is 0. The topological polar surface area (TPSA) is 46.5 Å². The molecule has 3 nitrogen and oxygen atoms in total. The molecular weight excluding hydrogens is 348 g/mol. The van der Waals surface area contributed by atoms with Crippen molar-refractivity contribution < 1.29 is 36.4 Å². The maximum Gasteiger partial charge on any atom is 0.332 e. The van der Waals surface area contributed by atoms with Gasteiger partial charge >= 0.3 is 5.97 Å². The molecular formula is C21H42O3Ti. The van der Waals surface area contributed by atoms with Crippen LogP contribution in [0.25, 0.3) is 0 Å². The van der Waals surface area contributed by atoms with Crippen LogP contribution in [-0.2, 0) is 31.2 Å². The first kappa shape index (κ1) is 27.4. The molecule has 0 aliphatic carbocycles. The molecule has 0 aromatic carbocycles. The second kappa shape index (κ2) is 20.5. The van der Waals surface area contributed by atoms with Gasteiger partial charge in [0.05, 0.1) is 6.10 Å². The van der Waals surface area contributed by atoms with Crippen molar-refractivity contribution in [1.82, 2.24) is 0 Å². The van der Waals surface area contributed by atoms with E-state index in [1.54, 1.807) is 0 Å². The quantitative estimate of drug-likeness (QED) is 0.208. The summed E-state index contributed by atoms with van der Waals surface area (Å²) in [4.78, 5) is 11.1. The Morgan fingerprint density at radius 3 is 1.44 bits per heavy atom. The SMILES string of the molecule is CCCCCCCCCCCCCCCCC(OC(C)C)C(=O)O.[Ti]. The molecule has 0 rings (SSSR count). The van der Waals surface area contributed by atoms with Crippen LogP contribution < -0.4 is 0 Å². The van der Waals surface area contributed by atoms with Gasteiger partial charge < -0.3 is 9.84 Å². The van der Waals surface area contributed by atoms with Gasteiger partial charge in [-0.05, 0) is 20.3 Å². The van der Waals surface area contributed by atoms with E-state index in [0.717, 1.165) is 12.8 Å². The largest absolute Gasteiger partial charge is 0.479 e. The van der Waals surface area contributed by atoms with Crippen molar-refractivity contribution in [1.29, 1.82) is 0 Å². The molecule has 0 fully saturated rings. The van der Waals surface area contributed by atoms with E-state index < -0.39 is 12.1 Å². The summed E-state index contributed by atoms with van der Waals surface area (Å²) in [5.74, 6) is -0.821. The second-order valence-corrected chi connectivity index (χ2v) is 7.40. The molecule has 25 heavy (non-hydrogen) atoms. The summed E-state index contributed by atoms with van der Waals surface area (Å²) in [5, 5.41) is 9.10. The average Bonchev–Trinajstić information content (AvgIpc) is 2.53. The minimum atomic E-state index is -0.821. The van der Waals surface area contributed by atoms with Gasteiger partial charge in [-0.25, -0.2) is 4.79 Å². The first-order chi connectivity index (χ1) is 11.6. The van der Waals surface area contributed by atoms with Crippen LogP contribution in [0.4, 0.5) is 0 Å². The van der Waals surface area contributed by atoms with Crippen LogP contribution in [0.15, 0.2) is 0 Å². The molecule has 0 aliphatic heterocycles. The second-order valence-electron chi connectivity index (χ2n) is 7.40. The van der Waals surface area contributed by atoms with Gasteiger partial charge in [0, 0.05) is 21.7 Å². The van der Waals surface area contributed by atoms with E-state index in [9.17, 15) is 4.79 Å². The molecule has 1 N–H and O–H groups in total. The van der Waals surface area contributed by atoms with E-state index >= 15 is 0 Å².